The first kappa shape index (κ1) is 23.8. The van der Waals surface area contributed by atoms with Gasteiger partial charge < -0.3 is 36.1 Å². The highest BCUT2D eigenvalue weighted by atomic mass is 35.5. The number of halogens is 1. The Morgan fingerprint density at radius 3 is 2.53 bits per heavy atom. The fourth-order valence-corrected chi connectivity index (χ4v) is 4.72. The summed E-state index contributed by atoms with van der Waals surface area (Å²) in [5.41, 5.74) is 4.99. The van der Waals surface area contributed by atoms with E-state index in [4.69, 9.17) is 23.7 Å². The van der Waals surface area contributed by atoms with Crippen LogP contribution in [0.1, 0.15) is 21.5 Å². The van der Waals surface area contributed by atoms with Crippen molar-refractivity contribution in [2.45, 2.75) is 19.6 Å². The van der Waals surface area contributed by atoms with E-state index in [1.54, 1.807) is 19.2 Å². The molecule has 3 aromatic carbocycles. The number of esters is 1. The first-order valence-corrected chi connectivity index (χ1v) is 11.4. The lowest BCUT2D eigenvalue weighted by Crippen LogP contribution is -3.00. The Morgan fingerprint density at radius 2 is 1.78 bits per heavy atom. The normalized spacial score (nSPS) is 12.8. The number of rotatable bonds is 5. The van der Waals surface area contributed by atoms with Crippen molar-refractivity contribution in [1.29, 1.82) is 0 Å². The fraction of sp³-hybridized carbons (Fsp3) is 0.214. The van der Waals surface area contributed by atoms with Crippen LogP contribution in [-0.4, -0.2) is 27.0 Å². The quantitative estimate of drug-likeness (QED) is 0.302. The van der Waals surface area contributed by atoms with E-state index in [1.807, 2.05) is 24.3 Å². The summed E-state index contributed by atoms with van der Waals surface area (Å²) in [6.07, 6.45) is 3.04. The molecule has 0 saturated heterocycles. The molecule has 0 amide bonds. The third kappa shape index (κ3) is 4.05. The largest absolute Gasteiger partial charge is 1.00 e. The molecule has 0 spiro atoms. The number of aromatic nitrogens is 1. The van der Waals surface area contributed by atoms with Crippen molar-refractivity contribution in [2.75, 3.05) is 21.0 Å². The maximum atomic E-state index is 11.7. The zero-order chi connectivity index (χ0) is 23.9. The average molecular weight is 506 g/mol. The predicted octanol–water partition coefficient (Wildman–Crippen LogP) is 1.46. The molecule has 184 valence electrons. The number of methoxy groups -OCH3 is 2. The molecular formula is C28H24ClNO6. The second-order valence-electron chi connectivity index (χ2n) is 8.54. The van der Waals surface area contributed by atoms with Gasteiger partial charge in [-0.15, -0.1) is 0 Å². The van der Waals surface area contributed by atoms with Gasteiger partial charge in [0.25, 0.3) is 0 Å². The summed E-state index contributed by atoms with van der Waals surface area (Å²) in [5.74, 6) is 2.60. The summed E-state index contributed by atoms with van der Waals surface area (Å²) in [7, 11) is 3.01. The average Bonchev–Trinajstić information content (AvgIpc) is 3.36. The molecule has 2 aliphatic heterocycles. The Balaban J connectivity index is 0.00000267. The van der Waals surface area contributed by atoms with Crippen LogP contribution >= 0.6 is 0 Å². The van der Waals surface area contributed by atoms with E-state index >= 15 is 0 Å². The second kappa shape index (κ2) is 9.59. The van der Waals surface area contributed by atoms with Gasteiger partial charge in [-0.05, 0) is 52.9 Å². The molecule has 0 fully saturated rings. The molecule has 1 aromatic heterocycles. The minimum Gasteiger partial charge on any atom is -1.00 e. The Bertz CT molecular complexity index is 1470. The zero-order valence-electron chi connectivity index (χ0n) is 19.9. The van der Waals surface area contributed by atoms with Gasteiger partial charge in [0, 0.05) is 12.5 Å². The summed E-state index contributed by atoms with van der Waals surface area (Å²) >= 11 is 0. The summed E-state index contributed by atoms with van der Waals surface area (Å²) in [4.78, 5) is 11.7. The van der Waals surface area contributed by atoms with E-state index in [9.17, 15) is 4.79 Å². The molecule has 0 atom stereocenters. The van der Waals surface area contributed by atoms with Gasteiger partial charge in [0.1, 0.15) is 6.61 Å². The number of hydrogen-bond acceptors (Lipinski definition) is 6. The van der Waals surface area contributed by atoms with Crippen LogP contribution in [0.3, 0.4) is 0 Å². The van der Waals surface area contributed by atoms with Crippen molar-refractivity contribution in [1.82, 2.24) is 0 Å². The molecule has 7 nitrogen and oxygen atoms in total. The molecule has 6 rings (SSSR count). The molecule has 4 aromatic rings. The Morgan fingerprint density at radius 1 is 1.00 bits per heavy atom. The van der Waals surface area contributed by atoms with Crippen LogP contribution < -0.4 is 35.9 Å². The van der Waals surface area contributed by atoms with Crippen LogP contribution in [0.5, 0.6) is 23.0 Å². The zero-order valence-corrected chi connectivity index (χ0v) is 20.6. The van der Waals surface area contributed by atoms with Crippen molar-refractivity contribution in [3.8, 4) is 34.3 Å². The van der Waals surface area contributed by atoms with E-state index in [2.05, 4.69) is 29.0 Å². The van der Waals surface area contributed by atoms with Crippen LogP contribution in [0.15, 0.2) is 60.8 Å². The standard InChI is InChI=1S/C28H24NO6.ClH/c1-31-24-8-7-19-11-23-21-13-26-25(34-16-35-26)12-20(21)9-10-29(23)14-22(19)27(24)33-15-17-3-5-18(6-4-17)28(30)32-2;/h3-8,11-14H,9-10,15-16H2,1-2H3;1H/q+1;/p-1. The molecule has 36 heavy (non-hydrogen) atoms. The van der Waals surface area contributed by atoms with Crippen LogP contribution in [0.2, 0.25) is 0 Å². The first-order chi connectivity index (χ1) is 17.1. The lowest BCUT2D eigenvalue weighted by atomic mass is 9.95. The molecule has 0 saturated carbocycles. The molecule has 0 unspecified atom stereocenters. The summed E-state index contributed by atoms with van der Waals surface area (Å²) in [6.45, 7) is 1.45. The molecule has 0 aliphatic carbocycles. The lowest BCUT2D eigenvalue weighted by molar-refractivity contribution is -0.686. The van der Waals surface area contributed by atoms with Gasteiger partial charge in [-0.25, -0.2) is 4.79 Å². The van der Waals surface area contributed by atoms with Crippen LogP contribution in [-0.2, 0) is 24.3 Å². The van der Waals surface area contributed by atoms with E-state index in [1.165, 1.54) is 12.7 Å². The Labute approximate surface area is 214 Å². The molecule has 3 heterocycles. The van der Waals surface area contributed by atoms with E-state index in [0.717, 1.165) is 52.1 Å². The fourth-order valence-electron chi connectivity index (χ4n) is 4.72. The number of ether oxygens (including phenoxy) is 5. The van der Waals surface area contributed by atoms with Crippen molar-refractivity contribution in [3.05, 3.63) is 77.5 Å². The first-order valence-electron chi connectivity index (χ1n) is 11.4. The summed E-state index contributed by atoms with van der Waals surface area (Å²) < 4.78 is 30.1. The summed E-state index contributed by atoms with van der Waals surface area (Å²) in [5, 5.41) is 2.03. The number of pyridine rings is 1. The number of aryl methyl sites for hydroxylation is 2. The maximum Gasteiger partial charge on any atom is 0.337 e. The van der Waals surface area contributed by atoms with Crippen LogP contribution in [0.25, 0.3) is 22.0 Å². The second-order valence-corrected chi connectivity index (χ2v) is 8.54. The summed E-state index contributed by atoms with van der Waals surface area (Å²) in [6, 6.07) is 17.5. The molecule has 2 aliphatic rings. The molecule has 0 bridgehead atoms. The Kier molecular flexibility index (Phi) is 6.33. The van der Waals surface area contributed by atoms with Gasteiger partial charge >= 0.3 is 5.97 Å². The third-order valence-electron chi connectivity index (χ3n) is 6.55. The van der Waals surface area contributed by atoms with Crippen molar-refractivity contribution < 1.29 is 45.5 Å². The number of hydrogen-bond donors (Lipinski definition) is 0. The van der Waals surface area contributed by atoms with Gasteiger partial charge in [-0.2, -0.15) is 4.57 Å². The lowest BCUT2D eigenvalue weighted by Gasteiger charge is -2.18. The highest BCUT2D eigenvalue weighted by molar-refractivity contribution is 5.92. The topological polar surface area (TPSA) is 67.1 Å². The van der Waals surface area contributed by atoms with Crippen molar-refractivity contribution in [2.24, 2.45) is 0 Å². The highest BCUT2D eigenvalue weighted by Crippen LogP contribution is 2.41. The molecule has 8 heteroatoms. The van der Waals surface area contributed by atoms with Gasteiger partial charge in [0.15, 0.2) is 35.7 Å². The number of benzene rings is 3. The van der Waals surface area contributed by atoms with Crippen molar-refractivity contribution >= 4 is 16.7 Å². The van der Waals surface area contributed by atoms with Gasteiger partial charge in [-0.1, -0.05) is 12.1 Å². The van der Waals surface area contributed by atoms with E-state index in [0.29, 0.717) is 23.7 Å². The van der Waals surface area contributed by atoms with Gasteiger partial charge in [-0.3, -0.25) is 0 Å². The van der Waals surface area contributed by atoms with Crippen LogP contribution in [0.4, 0.5) is 0 Å². The molecular weight excluding hydrogens is 482 g/mol. The maximum absolute atomic E-state index is 11.7. The minimum atomic E-state index is -0.361. The van der Waals surface area contributed by atoms with Crippen molar-refractivity contribution in [3.63, 3.8) is 0 Å². The Hall–Kier alpha value is -3.97. The third-order valence-corrected chi connectivity index (χ3v) is 6.55. The van der Waals surface area contributed by atoms with Gasteiger partial charge in [0.05, 0.1) is 30.7 Å². The molecule has 0 radical (unpaired) electrons. The number of carbonyl (C=O) groups is 1. The SMILES string of the molecule is COC(=O)c1ccc(COc2c(OC)ccc3cc4[n+](cc23)CCc2cc3c(cc2-4)OCO3)cc1.[Cl-]. The van der Waals surface area contributed by atoms with Gasteiger partial charge in [0.2, 0.25) is 12.5 Å². The number of fused-ring (bicyclic) bond motifs is 5. The number of carbonyl (C=O) groups excluding carboxylic acids is 1. The van der Waals surface area contributed by atoms with E-state index < -0.39 is 0 Å². The number of nitrogens with zero attached hydrogens (tertiary/aromatic N) is 1. The smallest absolute Gasteiger partial charge is 0.337 e. The monoisotopic (exact) mass is 505 g/mol. The highest BCUT2D eigenvalue weighted by Gasteiger charge is 2.28. The van der Waals surface area contributed by atoms with E-state index in [-0.39, 0.29) is 25.2 Å². The minimum absolute atomic E-state index is 0. The van der Waals surface area contributed by atoms with Crippen LogP contribution in [0, 0.1) is 0 Å². The predicted molar refractivity (Wildman–Crippen MR) is 128 cm³/mol. The molecule has 0 N–H and O–H groups in total.